The van der Waals surface area contributed by atoms with Gasteiger partial charge in [-0.3, -0.25) is 4.90 Å². The Kier molecular flexibility index (Phi) is 5.13. The predicted octanol–water partition coefficient (Wildman–Crippen LogP) is 1.74. The molecule has 0 bridgehead atoms. The average Bonchev–Trinajstić information content (AvgIpc) is 2.99. The van der Waals surface area contributed by atoms with Gasteiger partial charge >= 0.3 is 0 Å². The van der Waals surface area contributed by atoms with Crippen molar-refractivity contribution in [3.05, 3.63) is 23.9 Å². The highest BCUT2D eigenvalue weighted by molar-refractivity contribution is 7.97. The first-order valence-electron chi connectivity index (χ1n) is 6.47. The van der Waals surface area contributed by atoms with E-state index in [1.807, 2.05) is 13.3 Å². The van der Waals surface area contributed by atoms with Crippen molar-refractivity contribution in [2.75, 3.05) is 13.3 Å². The minimum absolute atomic E-state index is 0.352. The summed E-state index contributed by atoms with van der Waals surface area (Å²) >= 11 is 1.68. The maximum absolute atomic E-state index is 5.23. The van der Waals surface area contributed by atoms with E-state index in [0.29, 0.717) is 25.0 Å². The summed E-state index contributed by atoms with van der Waals surface area (Å²) in [6.45, 7) is 5.52. The molecule has 0 saturated carbocycles. The highest BCUT2D eigenvalue weighted by Crippen LogP contribution is 2.11. The lowest BCUT2D eigenvalue weighted by Crippen LogP contribution is -2.20. The highest BCUT2D eigenvalue weighted by Gasteiger charge is 2.13. The Morgan fingerprint density at radius 3 is 2.90 bits per heavy atom. The summed E-state index contributed by atoms with van der Waals surface area (Å²) in [4.78, 5) is 6.43. The van der Waals surface area contributed by atoms with Crippen molar-refractivity contribution in [2.24, 2.45) is 0 Å². The molecule has 2 heterocycles. The second kappa shape index (κ2) is 6.85. The van der Waals surface area contributed by atoms with Gasteiger partial charge in [0.25, 0.3) is 0 Å². The Labute approximate surface area is 122 Å². The van der Waals surface area contributed by atoms with Crippen LogP contribution in [0.5, 0.6) is 0 Å². The van der Waals surface area contributed by atoms with Crippen molar-refractivity contribution in [3.8, 4) is 0 Å². The maximum atomic E-state index is 5.23. The Morgan fingerprint density at radius 2 is 2.20 bits per heavy atom. The number of thioether (sulfide) groups is 1. The fourth-order valence-corrected chi connectivity index (χ4v) is 2.26. The van der Waals surface area contributed by atoms with E-state index < -0.39 is 0 Å². The van der Waals surface area contributed by atoms with Crippen molar-refractivity contribution in [3.63, 3.8) is 0 Å². The van der Waals surface area contributed by atoms with Crippen molar-refractivity contribution in [1.29, 1.82) is 0 Å². The lowest BCUT2D eigenvalue weighted by Gasteiger charge is -2.16. The standard InChI is InChI=1S/C12H20N6OS/c1-9(2)18-8-13-15-11(18)5-17(3)6-12-14-10(7-20-4)16-19-12/h8-9H,5-7H2,1-4H3. The first-order chi connectivity index (χ1) is 9.60. The van der Waals surface area contributed by atoms with Crippen molar-refractivity contribution < 1.29 is 4.52 Å². The topological polar surface area (TPSA) is 72.9 Å². The van der Waals surface area contributed by atoms with E-state index in [1.165, 1.54) is 0 Å². The summed E-state index contributed by atoms with van der Waals surface area (Å²) in [6, 6.07) is 0.352. The zero-order chi connectivity index (χ0) is 14.5. The molecule has 0 amide bonds. The summed E-state index contributed by atoms with van der Waals surface area (Å²) in [7, 11) is 2.00. The van der Waals surface area contributed by atoms with Crippen LogP contribution >= 0.6 is 11.8 Å². The lowest BCUT2D eigenvalue weighted by atomic mass is 10.3. The smallest absolute Gasteiger partial charge is 0.240 e. The SMILES string of the molecule is CSCc1noc(CN(C)Cc2nncn2C(C)C)n1. The summed E-state index contributed by atoms with van der Waals surface area (Å²) < 4.78 is 7.28. The third-order valence-corrected chi connectivity index (χ3v) is 3.35. The van der Waals surface area contributed by atoms with E-state index in [2.05, 4.69) is 43.7 Å². The van der Waals surface area contributed by atoms with Gasteiger partial charge in [-0.25, -0.2) is 0 Å². The number of aromatic nitrogens is 5. The van der Waals surface area contributed by atoms with Gasteiger partial charge in [0.2, 0.25) is 5.89 Å². The lowest BCUT2D eigenvalue weighted by molar-refractivity contribution is 0.251. The minimum Gasteiger partial charge on any atom is -0.338 e. The fourth-order valence-electron chi connectivity index (χ4n) is 1.88. The van der Waals surface area contributed by atoms with E-state index >= 15 is 0 Å². The monoisotopic (exact) mass is 296 g/mol. The molecule has 0 radical (unpaired) electrons. The molecule has 0 aliphatic carbocycles. The molecule has 0 N–H and O–H groups in total. The molecule has 0 atom stereocenters. The molecule has 20 heavy (non-hydrogen) atoms. The molecule has 0 unspecified atom stereocenters. The molecule has 0 fully saturated rings. The van der Waals surface area contributed by atoms with Gasteiger partial charge in [0, 0.05) is 6.04 Å². The van der Waals surface area contributed by atoms with Crippen LogP contribution in [0.25, 0.3) is 0 Å². The molecular formula is C12H20N6OS. The molecule has 2 rings (SSSR count). The summed E-state index contributed by atoms with van der Waals surface area (Å²) in [5, 5.41) is 12.1. The molecule has 2 aromatic heterocycles. The van der Waals surface area contributed by atoms with Crippen LogP contribution in [0, 0.1) is 0 Å². The average molecular weight is 296 g/mol. The zero-order valence-electron chi connectivity index (χ0n) is 12.3. The van der Waals surface area contributed by atoms with Gasteiger partial charge in [-0.15, -0.1) is 10.2 Å². The van der Waals surface area contributed by atoms with Crippen LogP contribution < -0.4 is 0 Å². The maximum Gasteiger partial charge on any atom is 0.240 e. The van der Waals surface area contributed by atoms with Gasteiger partial charge in [-0.05, 0) is 27.2 Å². The molecule has 7 nitrogen and oxygen atoms in total. The van der Waals surface area contributed by atoms with Gasteiger partial charge in [0.15, 0.2) is 5.82 Å². The van der Waals surface area contributed by atoms with Gasteiger partial charge < -0.3 is 9.09 Å². The first-order valence-corrected chi connectivity index (χ1v) is 7.87. The number of hydrogen-bond acceptors (Lipinski definition) is 7. The minimum atomic E-state index is 0.352. The molecule has 8 heteroatoms. The fraction of sp³-hybridized carbons (Fsp3) is 0.667. The molecule has 2 aromatic rings. The van der Waals surface area contributed by atoms with Crippen molar-refractivity contribution >= 4 is 11.8 Å². The molecule has 0 saturated heterocycles. The predicted molar refractivity (Wildman–Crippen MR) is 77.1 cm³/mol. The number of rotatable bonds is 7. The largest absolute Gasteiger partial charge is 0.338 e. The molecular weight excluding hydrogens is 276 g/mol. The van der Waals surface area contributed by atoms with Crippen molar-refractivity contribution in [2.45, 2.75) is 38.7 Å². The van der Waals surface area contributed by atoms with Crippen LogP contribution in [0.3, 0.4) is 0 Å². The Bertz CT molecular complexity index is 538. The van der Waals surface area contributed by atoms with Crippen LogP contribution in [0.2, 0.25) is 0 Å². The van der Waals surface area contributed by atoms with E-state index in [9.17, 15) is 0 Å². The van der Waals surface area contributed by atoms with Gasteiger partial charge in [-0.2, -0.15) is 16.7 Å². The summed E-state index contributed by atoms with van der Waals surface area (Å²) in [5.74, 6) is 3.08. The number of nitrogens with zero attached hydrogens (tertiary/aromatic N) is 6. The quantitative estimate of drug-likeness (QED) is 0.770. The first kappa shape index (κ1) is 15.0. The summed E-state index contributed by atoms with van der Waals surface area (Å²) in [5.41, 5.74) is 0. The van der Waals surface area contributed by atoms with E-state index in [1.54, 1.807) is 18.1 Å². The Morgan fingerprint density at radius 1 is 1.40 bits per heavy atom. The Balaban J connectivity index is 1.94. The highest BCUT2D eigenvalue weighted by atomic mass is 32.2. The second-order valence-corrected chi connectivity index (χ2v) is 5.82. The molecule has 0 aliphatic heterocycles. The zero-order valence-corrected chi connectivity index (χ0v) is 13.1. The van der Waals surface area contributed by atoms with E-state index in [-0.39, 0.29) is 0 Å². The van der Waals surface area contributed by atoms with Crippen LogP contribution in [-0.4, -0.2) is 43.1 Å². The normalized spacial score (nSPS) is 11.7. The number of hydrogen-bond donors (Lipinski definition) is 0. The molecule has 0 aliphatic rings. The van der Waals surface area contributed by atoms with Gasteiger partial charge in [0.05, 0.1) is 18.8 Å². The second-order valence-electron chi connectivity index (χ2n) is 4.96. The molecule has 110 valence electrons. The van der Waals surface area contributed by atoms with Gasteiger partial charge in [0.1, 0.15) is 12.2 Å². The van der Waals surface area contributed by atoms with Crippen molar-refractivity contribution in [1.82, 2.24) is 29.8 Å². The van der Waals surface area contributed by atoms with Crippen LogP contribution in [0.15, 0.2) is 10.9 Å². The Hall–Kier alpha value is -1.41. The van der Waals surface area contributed by atoms with Crippen LogP contribution in [0.1, 0.15) is 37.4 Å². The van der Waals surface area contributed by atoms with E-state index in [4.69, 9.17) is 4.52 Å². The molecule has 0 spiro atoms. The van der Waals surface area contributed by atoms with E-state index in [0.717, 1.165) is 17.4 Å². The van der Waals surface area contributed by atoms with Gasteiger partial charge in [-0.1, -0.05) is 5.16 Å². The molecule has 0 aromatic carbocycles. The van der Waals surface area contributed by atoms with Crippen LogP contribution in [-0.2, 0) is 18.8 Å². The summed E-state index contributed by atoms with van der Waals surface area (Å²) in [6.07, 6.45) is 3.78. The third-order valence-electron chi connectivity index (χ3n) is 2.80. The van der Waals surface area contributed by atoms with Crippen LogP contribution in [0.4, 0.5) is 0 Å². The third kappa shape index (κ3) is 3.80.